The summed E-state index contributed by atoms with van der Waals surface area (Å²) in [5.74, 6) is 0.360. The molecule has 3 rings (SSSR count). The van der Waals surface area contributed by atoms with Crippen LogP contribution in [0.3, 0.4) is 0 Å². The largest absolute Gasteiger partial charge is 0.507 e. The van der Waals surface area contributed by atoms with E-state index in [1.165, 1.54) is 3.57 Å². The van der Waals surface area contributed by atoms with Crippen molar-refractivity contribution in [2.24, 2.45) is 0 Å². The Kier molecular flexibility index (Phi) is 4.01. The van der Waals surface area contributed by atoms with Crippen molar-refractivity contribution in [3.63, 3.8) is 0 Å². The molecule has 0 aliphatic carbocycles. The summed E-state index contributed by atoms with van der Waals surface area (Å²) in [6.45, 7) is 2.06. The molecule has 0 aliphatic rings. The van der Waals surface area contributed by atoms with Crippen LogP contribution in [0.4, 0.5) is 5.69 Å². The van der Waals surface area contributed by atoms with Gasteiger partial charge >= 0.3 is 0 Å². The van der Waals surface area contributed by atoms with E-state index in [1.54, 1.807) is 0 Å². The fourth-order valence-corrected chi connectivity index (χ4v) is 2.85. The Morgan fingerprint density at radius 3 is 2.43 bits per heavy atom. The Labute approximate surface area is 138 Å². The standard InChI is InChI=1S/C18H16INO/c1-12(20-15-9-7-14(19)8-10-15)16-11-6-13-4-2-3-5-17(13)18(16)21/h2-12,20-21H,1H3. The highest BCUT2D eigenvalue weighted by Crippen LogP contribution is 2.33. The van der Waals surface area contributed by atoms with Crippen LogP contribution in [0, 0.1) is 3.57 Å². The molecule has 2 N–H and O–H groups in total. The maximum absolute atomic E-state index is 10.5. The van der Waals surface area contributed by atoms with Crippen molar-refractivity contribution in [1.82, 2.24) is 0 Å². The van der Waals surface area contributed by atoms with E-state index in [4.69, 9.17) is 0 Å². The Morgan fingerprint density at radius 2 is 1.67 bits per heavy atom. The molecular weight excluding hydrogens is 373 g/mol. The van der Waals surface area contributed by atoms with Gasteiger partial charge in [-0.3, -0.25) is 0 Å². The van der Waals surface area contributed by atoms with Gasteiger partial charge in [0.25, 0.3) is 0 Å². The highest BCUT2D eigenvalue weighted by molar-refractivity contribution is 14.1. The van der Waals surface area contributed by atoms with Gasteiger partial charge in [0.2, 0.25) is 0 Å². The summed E-state index contributed by atoms with van der Waals surface area (Å²) in [5, 5.41) is 15.9. The summed E-state index contributed by atoms with van der Waals surface area (Å²) in [4.78, 5) is 0. The highest BCUT2D eigenvalue weighted by atomic mass is 127. The molecule has 0 saturated carbocycles. The molecule has 3 heteroatoms. The number of nitrogens with one attached hydrogen (secondary N) is 1. The lowest BCUT2D eigenvalue weighted by Gasteiger charge is -2.18. The minimum absolute atomic E-state index is 0.0367. The predicted octanol–water partition coefficient (Wildman–Crippen LogP) is 5.32. The van der Waals surface area contributed by atoms with Gasteiger partial charge in [0.05, 0.1) is 6.04 Å². The van der Waals surface area contributed by atoms with Crippen LogP contribution in [-0.4, -0.2) is 5.11 Å². The van der Waals surface area contributed by atoms with Crippen molar-refractivity contribution in [3.8, 4) is 5.75 Å². The second kappa shape index (κ2) is 5.93. The zero-order chi connectivity index (χ0) is 14.8. The molecule has 0 saturated heterocycles. The van der Waals surface area contributed by atoms with Crippen LogP contribution in [-0.2, 0) is 0 Å². The predicted molar refractivity (Wildman–Crippen MR) is 96.8 cm³/mol. The van der Waals surface area contributed by atoms with Gasteiger partial charge < -0.3 is 10.4 Å². The summed E-state index contributed by atoms with van der Waals surface area (Å²) < 4.78 is 1.21. The number of phenols is 1. The van der Waals surface area contributed by atoms with Crippen LogP contribution in [0.2, 0.25) is 0 Å². The summed E-state index contributed by atoms with van der Waals surface area (Å²) in [5.41, 5.74) is 1.96. The summed E-state index contributed by atoms with van der Waals surface area (Å²) in [6.07, 6.45) is 0. The van der Waals surface area contributed by atoms with Gasteiger partial charge in [-0.25, -0.2) is 0 Å². The number of aromatic hydroxyl groups is 1. The lowest BCUT2D eigenvalue weighted by atomic mass is 10.0. The van der Waals surface area contributed by atoms with E-state index in [9.17, 15) is 5.11 Å². The zero-order valence-electron chi connectivity index (χ0n) is 11.7. The Bertz CT molecular complexity index is 768. The van der Waals surface area contributed by atoms with Crippen LogP contribution in [0.15, 0.2) is 60.7 Å². The Morgan fingerprint density at radius 1 is 0.952 bits per heavy atom. The topological polar surface area (TPSA) is 32.3 Å². The van der Waals surface area contributed by atoms with E-state index in [0.29, 0.717) is 5.75 Å². The van der Waals surface area contributed by atoms with E-state index in [0.717, 1.165) is 22.0 Å². The fourth-order valence-electron chi connectivity index (χ4n) is 2.50. The number of rotatable bonds is 3. The first-order valence-corrected chi connectivity index (χ1v) is 7.96. The van der Waals surface area contributed by atoms with Gasteiger partial charge in [-0.05, 0) is 59.2 Å². The molecule has 2 nitrogen and oxygen atoms in total. The van der Waals surface area contributed by atoms with Crippen LogP contribution in [0.25, 0.3) is 10.8 Å². The van der Waals surface area contributed by atoms with Crippen LogP contribution in [0.5, 0.6) is 5.75 Å². The SMILES string of the molecule is CC(Nc1ccc(I)cc1)c1ccc2ccccc2c1O. The first-order valence-electron chi connectivity index (χ1n) is 6.88. The van der Waals surface area contributed by atoms with E-state index < -0.39 is 0 Å². The summed E-state index contributed by atoms with van der Waals surface area (Å²) >= 11 is 2.29. The maximum Gasteiger partial charge on any atom is 0.128 e. The van der Waals surface area contributed by atoms with Crippen molar-refractivity contribution < 1.29 is 5.11 Å². The first kappa shape index (κ1) is 14.2. The molecule has 1 unspecified atom stereocenters. The van der Waals surface area contributed by atoms with Gasteiger partial charge in [0.15, 0.2) is 0 Å². The molecule has 0 bridgehead atoms. The number of halogens is 1. The Hall–Kier alpha value is -1.75. The molecule has 0 amide bonds. The van der Waals surface area contributed by atoms with Crippen LogP contribution < -0.4 is 5.32 Å². The first-order chi connectivity index (χ1) is 10.1. The van der Waals surface area contributed by atoms with E-state index >= 15 is 0 Å². The van der Waals surface area contributed by atoms with Gasteiger partial charge in [0.1, 0.15) is 5.75 Å². The van der Waals surface area contributed by atoms with Crippen LogP contribution >= 0.6 is 22.6 Å². The summed E-state index contributed by atoms with van der Waals surface area (Å²) in [6, 6.07) is 20.2. The Balaban J connectivity index is 1.92. The highest BCUT2D eigenvalue weighted by Gasteiger charge is 2.12. The van der Waals surface area contributed by atoms with Crippen molar-refractivity contribution in [2.45, 2.75) is 13.0 Å². The number of benzene rings is 3. The molecule has 0 aliphatic heterocycles. The van der Waals surface area contributed by atoms with Crippen molar-refractivity contribution in [3.05, 3.63) is 69.8 Å². The molecule has 0 fully saturated rings. The monoisotopic (exact) mass is 389 g/mol. The molecule has 106 valence electrons. The third-order valence-electron chi connectivity index (χ3n) is 3.63. The molecule has 0 spiro atoms. The second-order valence-electron chi connectivity index (χ2n) is 5.10. The molecule has 0 radical (unpaired) electrons. The number of anilines is 1. The lowest BCUT2D eigenvalue weighted by Crippen LogP contribution is -2.06. The van der Waals surface area contributed by atoms with Gasteiger partial charge in [-0.2, -0.15) is 0 Å². The second-order valence-corrected chi connectivity index (χ2v) is 6.34. The normalized spacial score (nSPS) is 12.3. The fraction of sp³-hybridized carbons (Fsp3) is 0.111. The molecule has 3 aromatic rings. The third-order valence-corrected chi connectivity index (χ3v) is 4.34. The van der Waals surface area contributed by atoms with Crippen LogP contribution in [0.1, 0.15) is 18.5 Å². The van der Waals surface area contributed by atoms with Crippen molar-refractivity contribution >= 4 is 39.1 Å². The number of fused-ring (bicyclic) bond motifs is 1. The molecular formula is C18H16INO. The molecule has 3 aromatic carbocycles. The maximum atomic E-state index is 10.5. The quantitative estimate of drug-likeness (QED) is 0.594. The van der Waals surface area contributed by atoms with Crippen molar-refractivity contribution in [2.75, 3.05) is 5.32 Å². The lowest BCUT2D eigenvalue weighted by molar-refractivity contribution is 0.472. The van der Waals surface area contributed by atoms with Gasteiger partial charge in [-0.1, -0.05) is 36.4 Å². The minimum atomic E-state index is 0.0367. The molecule has 1 atom stereocenters. The smallest absolute Gasteiger partial charge is 0.128 e. The molecule has 21 heavy (non-hydrogen) atoms. The molecule has 0 aromatic heterocycles. The third kappa shape index (κ3) is 2.97. The number of hydrogen-bond donors (Lipinski definition) is 2. The number of phenolic OH excluding ortho intramolecular Hbond substituents is 1. The van der Waals surface area contributed by atoms with Crippen molar-refractivity contribution in [1.29, 1.82) is 0 Å². The van der Waals surface area contributed by atoms with Gasteiger partial charge in [0, 0.05) is 20.2 Å². The zero-order valence-corrected chi connectivity index (χ0v) is 13.8. The summed E-state index contributed by atoms with van der Waals surface area (Å²) in [7, 11) is 0. The van der Waals surface area contributed by atoms with Gasteiger partial charge in [-0.15, -0.1) is 0 Å². The van der Waals surface area contributed by atoms with E-state index in [1.807, 2.05) is 30.3 Å². The van der Waals surface area contributed by atoms with E-state index in [2.05, 4.69) is 65.2 Å². The van der Waals surface area contributed by atoms with E-state index in [-0.39, 0.29) is 6.04 Å². The average Bonchev–Trinajstić information content (AvgIpc) is 2.50. The number of hydrogen-bond acceptors (Lipinski definition) is 2. The minimum Gasteiger partial charge on any atom is -0.507 e. The molecule has 0 heterocycles. The average molecular weight is 389 g/mol.